The molecule has 0 saturated carbocycles. The summed E-state index contributed by atoms with van der Waals surface area (Å²) in [5.41, 5.74) is 1.05. The van der Waals surface area contributed by atoms with Crippen molar-refractivity contribution in [3.8, 4) is 0 Å². The number of carbonyl (C=O) groups excluding carboxylic acids is 1. The molecule has 5 nitrogen and oxygen atoms in total. The first-order valence-corrected chi connectivity index (χ1v) is 8.45. The molecule has 6 heteroatoms. The van der Waals surface area contributed by atoms with Crippen LogP contribution >= 0.6 is 11.6 Å². The minimum absolute atomic E-state index is 0.110. The van der Waals surface area contributed by atoms with E-state index in [0.29, 0.717) is 0 Å². The summed E-state index contributed by atoms with van der Waals surface area (Å²) in [5, 5.41) is 3.71. The Bertz CT molecular complexity index is 749. The standard InChI is InChI=1S/C18H20ClN3O2/c19-14-5-3-13(4-6-14)12-22-10-7-15(8-11-22)21-18(24)16-2-1-9-20-17(16)23/h1-6,9,15H,7-8,10-12H2,(H,20,23)(H,21,24). The van der Waals surface area contributed by atoms with Gasteiger partial charge in [0, 0.05) is 36.9 Å². The highest BCUT2D eigenvalue weighted by molar-refractivity contribution is 6.30. The number of nitrogens with zero attached hydrogens (tertiary/aromatic N) is 1. The van der Waals surface area contributed by atoms with E-state index in [0.717, 1.165) is 37.5 Å². The van der Waals surface area contributed by atoms with E-state index in [1.165, 1.54) is 11.8 Å². The Labute approximate surface area is 145 Å². The number of carbonyl (C=O) groups is 1. The summed E-state index contributed by atoms with van der Waals surface area (Å²) in [6, 6.07) is 11.2. The largest absolute Gasteiger partial charge is 0.349 e. The number of halogens is 1. The Kier molecular flexibility index (Phi) is 5.33. The maximum atomic E-state index is 12.2. The van der Waals surface area contributed by atoms with Crippen LogP contribution in [-0.4, -0.2) is 34.9 Å². The number of H-pyrrole nitrogens is 1. The SMILES string of the molecule is O=C(NC1CCN(Cc2ccc(Cl)cc2)CC1)c1ccc[nH]c1=O. The lowest BCUT2D eigenvalue weighted by molar-refractivity contribution is 0.0907. The summed E-state index contributed by atoms with van der Waals surface area (Å²) in [7, 11) is 0. The molecule has 1 aromatic heterocycles. The van der Waals surface area contributed by atoms with Crippen molar-refractivity contribution in [2.24, 2.45) is 0 Å². The molecule has 126 valence electrons. The fraction of sp³-hybridized carbons (Fsp3) is 0.333. The van der Waals surface area contributed by atoms with Gasteiger partial charge in [-0.1, -0.05) is 23.7 Å². The molecule has 2 N–H and O–H groups in total. The lowest BCUT2D eigenvalue weighted by atomic mass is 10.0. The van der Waals surface area contributed by atoms with Gasteiger partial charge >= 0.3 is 0 Å². The number of nitrogens with one attached hydrogen (secondary N) is 2. The van der Waals surface area contributed by atoms with Crippen molar-refractivity contribution >= 4 is 17.5 Å². The van der Waals surface area contributed by atoms with Gasteiger partial charge in [-0.05, 0) is 42.7 Å². The Balaban J connectivity index is 1.50. The molecule has 1 amide bonds. The lowest BCUT2D eigenvalue weighted by Crippen LogP contribution is -2.45. The number of aromatic nitrogens is 1. The van der Waals surface area contributed by atoms with Gasteiger partial charge in [-0.25, -0.2) is 0 Å². The number of piperidine rings is 1. The van der Waals surface area contributed by atoms with Gasteiger partial charge in [-0.3, -0.25) is 14.5 Å². The van der Waals surface area contributed by atoms with E-state index >= 15 is 0 Å². The second-order valence-corrected chi connectivity index (χ2v) is 6.50. The number of aromatic amines is 1. The van der Waals surface area contributed by atoms with Crippen molar-refractivity contribution < 1.29 is 4.79 Å². The summed E-state index contributed by atoms with van der Waals surface area (Å²) in [5.74, 6) is -0.298. The van der Waals surface area contributed by atoms with Crippen LogP contribution in [0.5, 0.6) is 0 Å². The van der Waals surface area contributed by atoms with Crippen LogP contribution in [0.4, 0.5) is 0 Å². The summed E-state index contributed by atoms with van der Waals surface area (Å²) in [6.07, 6.45) is 3.28. The van der Waals surface area contributed by atoms with Crippen LogP contribution in [0.3, 0.4) is 0 Å². The zero-order valence-corrected chi connectivity index (χ0v) is 14.1. The highest BCUT2D eigenvalue weighted by Crippen LogP contribution is 2.16. The third kappa shape index (κ3) is 4.24. The molecule has 3 rings (SSSR count). The number of likely N-dealkylation sites (tertiary alicyclic amines) is 1. The van der Waals surface area contributed by atoms with Crippen LogP contribution in [0.25, 0.3) is 0 Å². The van der Waals surface area contributed by atoms with E-state index in [4.69, 9.17) is 11.6 Å². The van der Waals surface area contributed by atoms with Gasteiger partial charge in [-0.15, -0.1) is 0 Å². The normalized spacial score (nSPS) is 16.0. The number of benzene rings is 1. The van der Waals surface area contributed by atoms with Crippen LogP contribution in [0.1, 0.15) is 28.8 Å². The maximum absolute atomic E-state index is 12.2. The van der Waals surface area contributed by atoms with E-state index in [9.17, 15) is 9.59 Å². The smallest absolute Gasteiger partial charge is 0.260 e. The summed E-state index contributed by atoms with van der Waals surface area (Å²) < 4.78 is 0. The van der Waals surface area contributed by atoms with Gasteiger partial charge in [-0.2, -0.15) is 0 Å². The van der Waals surface area contributed by atoms with Crippen molar-refractivity contribution in [3.63, 3.8) is 0 Å². The van der Waals surface area contributed by atoms with E-state index < -0.39 is 0 Å². The molecular formula is C18H20ClN3O2. The maximum Gasteiger partial charge on any atom is 0.260 e. The predicted octanol–water partition coefficient (Wildman–Crippen LogP) is 2.42. The van der Waals surface area contributed by atoms with Crippen molar-refractivity contribution in [1.29, 1.82) is 0 Å². The topological polar surface area (TPSA) is 65.2 Å². The van der Waals surface area contributed by atoms with Gasteiger partial charge in [0.1, 0.15) is 5.56 Å². The summed E-state index contributed by atoms with van der Waals surface area (Å²) >= 11 is 5.91. The van der Waals surface area contributed by atoms with Gasteiger partial charge in [0.05, 0.1) is 0 Å². The monoisotopic (exact) mass is 345 g/mol. The molecule has 0 spiro atoms. The number of hydrogen-bond acceptors (Lipinski definition) is 3. The minimum atomic E-state index is -0.352. The first kappa shape index (κ1) is 16.7. The predicted molar refractivity (Wildman–Crippen MR) is 94.3 cm³/mol. The van der Waals surface area contributed by atoms with E-state index in [1.807, 2.05) is 24.3 Å². The Morgan fingerprint density at radius 1 is 1.21 bits per heavy atom. The van der Waals surface area contributed by atoms with E-state index in [2.05, 4.69) is 15.2 Å². The van der Waals surface area contributed by atoms with Crippen LogP contribution in [0, 0.1) is 0 Å². The molecule has 2 aromatic rings. The molecule has 0 aliphatic carbocycles. The van der Waals surface area contributed by atoms with Crippen molar-refractivity contribution in [1.82, 2.24) is 15.2 Å². The van der Waals surface area contributed by atoms with Crippen LogP contribution in [-0.2, 0) is 6.54 Å². The molecule has 24 heavy (non-hydrogen) atoms. The van der Waals surface area contributed by atoms with Crippen molar-refractivity contribution in [3.05, 3.63) is 69.1 Å². The minimum Gasteiger partial charge on any atom is -0.349 e. The Morgan fingerprint density at radius 3 is 2.58 bits per heavy atom. The Hall–Kier alpha value is -2.11. The molecular weight excluding hydrogens is 326 g/mol. The zero-order chi connectivity index (χ0) is 16.9. The molecule has 1 aliphatic rings. The average molecular weight is 346 g/mol. The molecule has 0 unspecified atom stereocenters. The van der Waals surface area contributed by atoms with Crippen LogP contribution in [0.15, 0.2) is 47.4 Å². The van der Waals surface area contributed by atoms with Gasteiger partial charge in [0.2, 0.25) is 0 Å². The van der Waals surface area contributed by atoms with Gasteiger partial charge in [0.15, 0.2) is 0 Å². The molecule has 0 radical (unpaired) electrons. The lowest BCUT2D eigenvalue weighted by Gasteiger charge is -2.32. The molecule has 0 bridgehead atoms. The third-order valence-corrected chi connectivity index (χ3v) is 4.56. The molecule has 1 aromatic carbocycles. The molecule has 1 saturated heterocycles. The van der Waals surface area contributed by atoms with Gasteiger partial charge < -0.3 is 10.3 Å². The highest BCUT2D eigenvalue weighted by atomic mass is 35.5. The number of rotatable bonds is 4. The third-order valence-electron chi connectivity index (χ3n) is 4.31. The van der Waals surface area contributed by atoms with Crippen LogP contribution < -0.4 is 10.9 Å². The number of pyridine rings is 1. The van der Waals surface area contributed by atoms with Crippen molar-refractivity contribution in [2.75, 3.05) is 13.1 Å². The molecule has 1 aliphatic heterocycles. The number of hydrogen-bond donors (Lipinski definition) is 2. The first-order valence-electron chi connectivity index (χ1n) is 8.07. The van der Waals surface area contributed by atoms with E-state index in [1.54, 1.807) is 12.1 Å². The zero-order valence-electron chi connectivity index (χ0n) is 13.3. The number of amides is 1. The fourth-order valence-corrected chi connectivity index (χ4v) is 3.07. The second-order valence-electron chi connectivity index (χ2n) is 6.06. The first-order chi connectivity index (χ1) is 11.6. The second kappa shape index (κ2) is 7.64. The van der Waals surface area contributed by atoms with Crippen molar-refractivity contribution in [2.45, 2.75) is 25.4 Å². The molecule has 2 heterocycles. The Morgan fingerprint density at radius 2 is 1.92 bits per heavy atom. The van der Waals surface area contributed by atoms with E-state index in [-0.39, 0.29) is 23.1 Å². The highest BCUT2D eigenvalue weighted by Gasteiger charge is 2.22. The average Bonchev–Trinajstić information content (AvgIpc) is 2.59. The summed E-state index contributed by atoms with van der Waals surface area (Å²) in [6.45, 7) is 2.72. The molecule has 1 fully saturated rings. The quantitative estimate of drug-likeness (QED) is 0.894. The fourth-order valence-electron chi connectivity index (χ4n) is 2.95. The summed E-state index contributed by atoms with van der Waals surface area (Å²) in [4.78, 5) is 28.7. The van der Waals surface area contributed by atoms with Crippen LogP contribution in [0.2, 0.25) is 5.02 Å². The van der Waals surface area contributed by atoms with Gasteiger partial charge in [0.25, 0.3) is 11.5 Å². The molecule has 0 atom stereocenters.